The first-order valence-corrected chi connectivity index (χ1v) is 9.55. The van der Waals surface area contributed by atoms with E-state index in [9.17, 15) is 8.42 Å². The van der Waals surface area contributed by atoms with Gasteiger partial charge in [0.1, 0.15) is 0 Å². The maximum absolute atomic E-state index is 12.7. The minimum atomic E-state index is -3.39. The van der Waals surface area contributed by atoms with Gasteiger partial charge in [-0.1, -0.05) is 31.9 Å². The van der Waals surface area contributed by atoms with Gasteiger partial charge < -0.3 is 0 Å². The quantitative estimate of drug-likeness (QED) is 0.773. The van der Waals surface area contributed by atoms with E-state index in [1.165, 1.54) is 6.42 Å². The summed E-state index contributed by atoms with van der Waals surface area (Å²) in [6, 6.07) is 7.22. The van der Waals surface area contributed by atoms with Crippen molar-refractivity contribution in [2.75, 3.05) is 12.9 Å². The van der Waals surface area contributed by atoms with Crippen LogP contribution in [0.5, 0.6) is 0 Å². The van der Waals surface area contributed by atoms with E-state index < -0.39 is 10.0 Å². The van der Waals surface area contributed by atoms with E-state index in [1.807, 2.05) is 12.1 Å². The molecule has 0 amide bonds. The Hall–Kier alpha value is -0.580. The van der Waals surface area contributed by atoms with Gasteiger partial charge in [0.05, 0.1) is 4.90 Å². The van der Waals surface area contributed by atoms with E-state index in [0.29, 0.717) is 16.7 Å². The zero-order valence-electron chi connectivity index (χ0n) is 12.8. The van der Waals surface area contributed by atoms with Gasteiger partial charge in [-0.15, -0.1) is 11.6 Å². The van der Waals surface area contributed by atoms with Crippen LogP contribution in [-0.2, 0) is 16.4 Å². The molecule has 1 aromatic rings. The summed E-state index contributed by atoms with van der Waals surface area (Å²) in [6.45, 7) is 2.20. The van der Waals surface area contributed by atoms with Gasteiger partial charge in [0.2, 0.25) is 10.0 Å². The fraction of sp³-hybridized carbons (Fsp3) is 0.625. The monoisotopic (exact) mass is 329 g/mol. The molecular weight excluding hydrogens is 306 g/mol. The molecule has 0 N–H and O–H groups in total. The molecule has 0 spiro atoms. The van der Waals surface area contributed by atoms with E-state index in [2.05, 4.69) is 6.92 Å². The fourth-order valence-electron chi connectivity index (χ4n) is 3.03. The van der Waals surface area contributed by atoms with Crippen molar-refractivity contribution in [1.29, 1.82) is 0 Å². The van der Waals surface area contributed by atoms with Crippen LogP contribution in [0, 0.1) is 5.92 Å². The van der Waals surface area contributed by atoms with E-state index in [0.717, 1.165) is 31.2 Å². The molecule has 0 bridgehead atoms. The molecule has 0 aliphatic heterocycles. The normalized spacial score (nSPS) is 23.4. The van der Waals surface area contributed by atoms with Crippen molar-refractivity contribution in [2.45, 2.75) is 50.0 Å². The first kappa shape index (κ1) is 16.8. The lowest BCUT2D eigenvalue weighted by molar-refractivity contribution is 0.239. The molecule has 118 valence electrons. The molecule has 1 aliphatic carbocycles. The number of alkyl halides is 1. The Morgan fingerprint density at radius 2 is 1.90 bits per heavy atom. The molecular formula is C16H24ClNO2S. The molecule has 0 aromatic heterocycles. The molecule has 1 aliphatic rings. The third-order valence-corrected chi connectivity index (χ3v) is 6.52. The molecule has 1 aromatic carbocycles. The molecule has 2 atom stereocenters. The first-order valence-electron chi connectivity index (χ1n) is 7.58. The Balaban J connectivity index is 2.16. The molecule has 2 rings (SSSR count). The summed E-state index contributed by atoms with van der Waals surface area (Å²) in [7, 11) is -1.68. The van der Waals surface area contributed by atoms with Crippen molar-refractivity contribution in [1.82, 2.24) is 4.31 Å². The number of rotatable bonds is 5. The molecule has 1 saturated carbocycles. The molecule has 0 heterocycles. The summed E-state index contributed by atoms with van der Waals surface area (Å²) in [5, 5.41) is 0. The molecule has 0 saturated heterocycles. The number of hydrogen-bond acceptors (Lipinski definition) is 2. The second kappa shape index (κ2) is 7.12. The van der Waals surface area contributed by atoms with Crippen molar-refractivity contribution in [3.05, 3.63) is 29.8 Å². The minimum absolute atomic E-state index is 0.126. The predicted octanol–water partition coefficient (Wildman–Crippen LogP) is 3.67. The SMILES string of the molecule is CC1CCCC(N(C)S(=O)(=O)c2ccc(CCCl)cc2)C1. The van der Waals surface area contributed by atoms with Crippen molar-refractivity contribution < 1.29 is 8.42 Å². The number of sulfonamides is 1. The molecule has 21 heavy (non-hydrogen) atoms. The Bertz CT molecular complexity index is 556. The standard InChI is InChI=1S/C16H24ClNO2S/c1-13-4-3-5-15(12-13)18(2)21(19,20)16-8-6-14(7-9-16)10-11-17/h6-9,13,15H,3-5,10-12H2,1-2H3. The van der Waals surface area contributed by atoms with Gasteiger partial charge in [-0.05, 0) is 42.9 Å². The zero-order chi connectivity index (χ0) is 15.5. The van der Waals surface area contributed by atoms with Gasteiger partial charge in [-0.2, -0.15) is 4.31 Å². The summed E-state index contributed by atoms with van der Waals surface area (Å²) >= 11 is 5.70. The highest BCUT2D eigenvalue weighted by Gasteiger charge is 2.30. The van der Waals surface area contributed by atoms with Gasteiger partial charge >= 0.3 is 0 Å². The van der Waals surface area contributed by atoms with Crippen LogP contribution >= 0.6 is 11.6 Å². The summed E-state index contributed by atoms with van der Waals surface area (Å²) in [5.74, 6) is 1.15. The van der Waals surface area contributed by atoms with E-state index in [4.69, 9.17) is 11.6 Å². The predicted molar refractivity (Wildman–Crippen MR) is 87.2 cm³/mol. The fourth-order valence-corrected chi connectivity index (χ4v) is 4.65. The van der Waals surface area contributed by atoms with Crippen LogP contribution in [0.3, 0.4) is 0 Å². The Labute approximate surface area is 133 Å². The summed E-state index contributed by atoms with van der Waals surface area (Å²) < 4.78 is 27.0. The van der Waals surface area contributed by atoms with Crippen molar-refractivity contribution in [3.8, 4) is 0 Å². The Morgan fingerprint density at radius 3 is 2.48 bits per heavy atom. The highest BCUT2D eigenvalue weighted by Crippen LogP contribution is 2.29. The number of halogens is 1. The maximum atomic E-state index is 12.7. The van der Waals surface area contributed by atoms with Crippen molar-refractivity contribution >= 4 is 21.6 Å². The van der Waals surface area contributed by atoms with E-state index >= 15 is 0 Å². The maximum Gasteiger partial charge on any atom is 0.243 e. The van der Waals surface area contributed by atoms with Crippen molar-refractivity contribution in [2.24, 2.45) is 5.92 Å². The molecule has 2 unspecified atom stereocenters. The smallest absolute Gasteiger partial charge is 0.207 e. The highest BCUT2D eigenvalue weighted by atomic mass is 35.5. The van der Waals surface area contributed by atoms with Gasteiger partial charge in [-0.25, -0.2) is 8.42 Å². The average Bonchev–Trinajstić information content (AvgIpc) is 2.47. The summed E-state index contributed by atoms with van der Waals surface area (Å²) in [5.41, 5.74) is 1.07. The minimum Gasteiger partial charge on any atom is -0.207 e. The van der Waals surface area contributed by atoms with Crippen LogP contribution < -0.4 is 0 Å². The third kappa shape index (κ3) is 3.99. The van der Waals surface area contributed by atoms with Crippen LogP contribution in [0.1, 0.15) is 38.2 Å². The lowest BCUT2D eigenvalue weighted by Crippen LogP contribution is -2.39. The van der Waals surface area contributed by atoms with Crippen LogP contribution in [0.2, 0.25) is 0 Å². The highest BCUT2D eigenvalue weighted by molar-refractivity contribution is 7.89. The Morgan fingerprint density at radius 1 is 1.24 bits per heavy atom. The van der Waals surface area contributed by atoms with Gasteiger partial charge in [-0.3, -0.25) is 0 Å². The molecule has 5 heteroatoms. The van der Waals surface area contributed by atoms with Crippen LogP contribution in [0.15, 0.2) is 29.2 Å². The number of aryl methyl sites for hydroxylation is 1. The van der Waals surface area contributed by atoms with Crippen LogP contribution in [-0.4, -0.2) is 31.7 Å². The summed E-state index contributed by atoms with van der Waals surface area (Å²) in [4.78, 5) is 0.376. The molecule has 3 nitrogen and oxygen atoms in total. The third-order valence-electron chi connectivity index (χ3n) is 4.41. The zero-order valence-corrected chi connectivity index (χ0v) is 14.3. The average molecular weight is 330 g/mol. The van der Waals surface area contributed by atoms with Gasteiger partial charge in [0.15, 0.2) is 0 Å². The Kier molecular flexibility index (Phi) is 5.69. The molecule has 0 radical (unpaired) electrons. The lowest BCUT2D eigenvalue weighted by Gasteiger charge is -2.33. The topological polar surface area (TPSA) is 37.4 Å². The van der Waals surface area contributed by atoms with Crippen molar-refractivity contribution in [3.63, 3.8) is 0 Å². The molecule has 1 fully saturated rings. The van der Waals surface area contributed by atoms with E-state index in [-0.39, 0.29) is 6.04 Å². The largest absolute Gasteiger partial charge is 0.243 e. The number of benzene rings is 1. The second-order valence-corrected chi connectivity index (χ2v) is 8.41. The van der Waals surface area contributed by atoms with Gasteiger partial charge in [0, 0.05) is 19.0 Å². The number of nitrogens with zero attached hydrogens (tertiary/aromatic N) is 1. The first-order chi connectivity index (χ1) is 9.95. The van der Waals surface area contributed by atoms with Crippen LogP contribution in [0.4, 0.5) is 0 Å². The van der Waals surface area contributed by atoms with Crippen LogP contribution in [0.25, 0.3) is 0 Å². The second-order valence-electron chi connectivity index (χ2n) is 6.03. The van der Waals surface area contributed by atoms with E-state index in [1.54, 1.807) is 23.5 Å². The number of hydrogen-bond donors (Lipinski definition) is 0. The lowest BCUT2D eigenvalue weighted by atomic mass is 9.87. The summed E-state index contributed by atoms with van der Waals surface area (Å²) in [6.07, 6.45) is 5.00. The van der Waals surface area contributed by atoms with Gasteiger partial charge in [0.25, 0.3) is 0 Å².